The molecule has 8 aromatic rings. The topological polar surface area (TPSA) is 0 Å². The molecule has 0 atom stereocenters. The summed E-state index contributed by atoms with van der Waals surface area (Å²) in [6.45, 7) is 0. The lowest BCUT2D eigenvalue weighted by atomic mass is 9.90. The molecule has 224 valence electrons. The predicted molar refractivity (Wildman–Crippen MR) is 208 cm³/mol. The third kappa shape index (κ3) is 5.92. The summed E-state index contributed by atoms with van der Waals surface area (Å²) in [5, 5.41) is 12.1. The van der Waals surface area contributed by atoms with Crippen LogP contribution in [0.5, 0.6) is 0 Å². The van der Waals surface area contributed by atoms with Crippen molar-refractivity contribution < 1.29 is 0 Å². The smallest absolute Gasteiger partial charge is 0.00138 e. The standard InChI is InChI=1S/C45H34P2/c1-5-19-37(20-6-1)46(38-21-7-2-8-22-38)33-36-30-29-34-17-13-15-27-41(34)44(36)45-42-28-16-14-18-35(42)31-32-43(45)47(39-23-9-3-10-24-39)40-25-11-4-12-26-40/h1-32H,33H2. The molecule has 0 saturated carbocycles. The van der Waals surface area contributed by atoms with Gasteiger partial charge in [0.15, 0.2) is 0 Å². The second-order valence-corrected chi connectivity index (χ2v) is 16.2. The van der Waals surface area contributed by atoms with Crippen LogP contribution in [0.15, 0.2) is 194 Å². The third-order valence-electron chi connectivity index (χ3n) is 8.91. The van der Waals surface area contributed by atoms with Crippen LogP contribution in [0.25, 0.3) is 32.7 Å². The van der Waals surface area contributed by atoms with Gasteiger partial charge in [0, 0.05) is 6.16 Å². The Bertz CT molecular complexity index is 2180. The Morgan fingerprint density at radius 1 is 0.319 bits per heavy atom. The fraction of sp³-hybridized carbons (Fsp3) is 0.0222. The third-order valence-corrected chi connectivity index (χ3v) is 13.9. The maximum Gasteiger partial charge on any atom is 0.00138 e. The molecule has 0 aliphatic carbocycles. The van der Waals surface area contributed by atoms with E-state index in [0.717, 1.165) is 6.16 Å². The summed E-state index contributed by atoms with van der Waals surface area (Å²) >= 11 is 0. The highest BCUT2D eigenvalue weighted by molar-refractivity contribution is 7.80. The summed E-state index contributed by atoms with van der Waals surface area (Å²) in [4.78, 5) is 0. The van der Waals surface area contributed by atoms with Gasteiger partial charge in [-0.2, -0.15) is 0 Å². The van der Waals surface area contributed by atoms with Gasteiger partial charge in [0.2, 0.25) is 0 Å². The molecular weight excluding hydrogens is 602 g/mol. The van der Waals surface area contributed by atoms with E-state index in [1.165, 1.54) is 64.8 Å². The Hall–Kier alpha value is -4.86. The molecule has 0 unspecified atom stereocenters. The summed E-state index contributed by atoms with van der Waals surface area (Å²) in [6.07, 6.45) is 0.959. The lowest BCUT2D eigenvalue weighted by Crippen LogP contribution is -2.22. The van der Waals surface area contributed by atoms with Gasteiger partial charge in [-0.05, 0) is 80.6 Å². The van der Waals surface area contributed by atoms with E-state index in [4.69, 9.17) is 0 Å². The average molecular weight is 637 g/mol. The van der Waals surface area contributed by atoms with Crippen LogP contribution in [-0.2, 0) is 6.16 Å². The maximum atomic E-state index is 2.42. The van der Waals surface area contributed by atoms with E-state index in [1.54, 1.807) is 0 Å². The zero-order valence-electron chi connectivity index (χ0n) is 26.1. The zero-order valence-corrected chi connectivity index (χ0v) is 27.9. The monoisotopic (exact) mass is 636 g/mol. The highest BCUT2D eigenvalue weighted by Gasteiger charge is 2.26. The molecule has 0 saturated heterocycles. The van der Waals surface area contributed by atoms with Crippen molar-refractivity contribution in [1.82, 2.24) is 0 Å². The van der Waals surface area contributed by atoms with Crippen molar-refractivity contribution in [3.05, 3.63) is 200 Å². The van der Waals surface area contributed by atoms with Crippen molar-refractivity contribution >= 4 is 63.9 Å². The largest absolute Gasteiger partial charge is 0.0622 e. The number of rotatable bonds is 8. The minimum Gasteiger partial charge on any atom is -0.0622 e. The van der Waals surface area contributed by atoms with Crippen molar-refractivity contribution in [2.24, 2.45) is 0 Å². The van der Waals surface area contributed by atoms with E-state index < -0.39 is 15.8 Å². The molecule has 8 aromatic carbocycles. The van der Waals surface area contributed by atoms with Gasteiger partial charge >= 0.3 is 0 Å². The Labute approximate surface area is 279 Å². The molecule has 0 spiro atoms. The van der Waals surface area contributed by atoms with Crippen molar-refractivity contribution in [2.75, 3.05) is 0 Å². The van der Waals surface area contributed by atoms with Crippen LogP contribution in [0.1, 0.15) is 5.56 Å². The molecule has 2 heteroatoms. The van der Waals surface area contributed by atoms with Gasteiger partial charge in [0.05, 0.1) is 0 Å². The van der Waals surface area contributed by atoms with E-state index in [0.29, 0.717) is 0 Å². The van der Waals surface area contributed by atoms with Crippen LogP contribution in [0.3, 0.4) is 0 Å². The summed E-state index contributed by atoms with van der Waals surface area (Å²) in [6, 6.07) is 71.9. The van der Waals surface area contributed by atoms with E-state index >= 15 is 0 Å². The Balaban J connectivity index is 1.44. The van der Waals surface area contributed by atoms with Crippen molar-refractivity contribution in [3.63, 3.8) is 0 Å². The number of hydrogen-bond donors (Lipinski definition) is 0. The highest BCUT2D eigenvalue weighted by atomic mass is 31.1. The van der Waals surface area contributed by atoms with E-state index in [9.17, 15) is 0 Å². The molecule has 0 radical (unpaired) electrons. The Morgan fingerprint density at radius 2 is 0.723 bits per heavy atom. The number of fused-ring (bicyclic) bond motifs is 2. The quantitative estimate of drug-likeness (QED) is 0.146. The minimum absolute atomic E-state index is 0.640. The van der Waals surface area contributed by atoms with E-state index in [-0.39, 0.29) is 0 Å². The molecule has 0 aromatic heterocycles. The van der Waals surface area contributed by atoms with Gasteiger partial charge in [0.1, 0.15) is 0 Å². The van der Waals surface area contributed by atoms with Gasteiger partial charge in [-0.1, -0.05) is 194 Å². The van der Waals surface area contributed by atoms with Crippen molar-refractivity contribution in [1.29, 1.82) is 0 Å². The molecule has 0 fully saturated rings. The minimum atomic E-state index is -0.834. The molecule has 0 aliphatic heterocycles. The van der Waals surface area contributed by atoms with Crippen LogP contribution in [0.4, 0.5) is 0 Å². The highest BCUT2D eigenvalue weighted by Crippen LogP contribution is 2.47. The van der Waals surface area contributed by atoms with E-state index in [1.807, 2.05) is 0 Å². The summed E-state index contributed by atoms with van der Waals surface area (Å²) in [5.74, 6) is 0. The average Bonchev–Trinajstić information content (AvgIpc) is 3.15. The van der Waals surface area contributed by atoms with Gasteiger partial charge < -0.3 is 0 Å². The molecule has 0 amide bonds. The fourth-order valence-corrected chi connectivity index (χ4v) is 11.6. The first-order valence-corrected chi connectivity index (χ1v) is 19.0. The number of hydrogen-bond acceptors (Lipinski definition) is 0. The predicted octanol–water partition coefficient (Wildman–Crippen LogP) is 10.1. The summed E-state index contributed by atoms with van der Waals surface area (Å²) < 4.78 is 0. The first-order valence-electron chi connectivity index (χ1n) is 16.2. The molecule has 0 bridgehead atoms. The molecule has 0 heterocycles. The Morgan fingerprint density at radius 3 is 1.23 bits per heavy atom. The molecule has 0 aliphatic rings. The van der Waals surface area contributed by atoms with Gasteiger partial charge in [0.25, 0.3) is 0 Å². The zero-order chi connectivity index (χ0) is 31.4. The molecule has 8 rings (SSSR count). The molecule has 47 heavy (non-hydrogen) atoms. The van der Waals surface area contributed by atoms with Crippen LogP contribution in [0.2, 0.25) is 0 Å². The first-order chi connectivity index (χ1) is 23.3. The second kappa shape index (κ2) is 13.5. The maximum absolute atomic E-state index is 2.42. The van der Waals surface area contributed by atoms with Crippen LogP contribution >= 0.6 is 15.8 Å². The second-order valence-electron chi connectivity index (χ2n) is 11.8. The van der Waals surface area contributed by atoms with Crippen LogP contribution in [0, 0.1) is 0 Å². The lowest BCUT2D eigenvalue weighted by Gasteiger charge is -2.27. The number of benzene rings is 8. The summed E-state index contributed by atoms with van der Waals surface area (Å²) in [5.41, 5.74) is 4.13. The van der Waals surface area contributed by atoms with Crippen LogP contribution < -0.4 is 26.5 Å². The van der Waals surface area contributed by atoms with Gasteiger partial charge in [-0.3, -0.25) is 0 Å². The van der Waals surface area contributed by atoms with Crippen LogP contribution in [-0.4, -0.2) is 0 Å². The van der Waals surface area contributed by atoms with Gasteiger partial charge in [-0.25, -0.2) is 0 Å². The molecule has 0 N–H and O–H groups in total. The molecule has 0 nitrogen and oxygen atoms in total. The SMILES string of the molecule is c1ccc(P(Cc2ccc3ccccc3c2-c2c(P(c3ccccc3)c3ccccc3)ccc3ccccc23)c2ccccc2)cc1. The van der Waals surface area contributed by atoms with E-state index in [2.05, 4.69) is 194 Å². The Kier molecular flexibility index (Phi) is 8.47. The lowest BCUT2D eigenvalue weighted by molar-refractivity contribution is 1.42. The van der Waals surface area contributed by atoms with Crippen molar-refractivity contribution in [2.45, 2.75) is 6.16 Å². The van der Waals surface area contributed by atoms with Gasteiger partial charge in [-0.15, -0.1) is 0 Å². The fourth-order valence-electron chi connectivity index (χ4n) is 6.75. The summed E-state index contributed by atoms with van der Waals surface area (Å²) in [7, 11) is -1.47. The van der Waals surface area contributed by atoms with Crippen molar-refractivity contribution in [3.8, 4) is 11.1 Å². The molecular formula is C45H34P2. The normalized spacial score (nSPS) is 11.4. The first kappa shape index (κ1) is 29.5.